The lowest BCUT2D eigenvalue weighted by Crippen LogP contribution is -2.38. The van der Waals surface area contributed by atoms with E-state index < -0.39 is 29.4 Å². The van der Waals surface area contributed by atoms with Crippen LogP contribution in [-0.4, -0.2) is 18.0 Å². The largest absolute Gasteiger partial charge is 0.391 e. The summed E-state index contributed by atoms with van der Waals surface area (Å²) in [7, 11) is 0. The molecule has 4 rings (SSSR count). The van der Waals surface area contributed by atoms with E-state index >= 15 is 0 Å². The Morgan fingerprint density at radius 1 is 0.818 bits per heavy atom. The van der Waals surface area contributed by atoms with Crippen LogP contribution in [0.25, 0.3) is 0 Å². The SMILES string of the molecule is O=C1OC(=O)C2C1N=NC2(c1ccccc1)c1ccccc1. The van der Waals surface area contributed by atoms with Crippen LogP contribution in [0.2, 0.25) is 0 Å². The summed E-state index contributed by atoms with van der Waals surface area (Å²) >= 11 is 0. The highest BCUT2D eigenvalue weighted by molar-refractivity contribution is 6.00. The number of carbonyl (C=O) groups excluding carboxylic acids is 2. The Bertz CT molecular complexity index is 732. The highest BCUT2D eigenvalue weighted by atomic mass is 16.6. The Balaban J connectivity index is 1.98. The molecule has 5 heteroatoms. The Labute approximate surface area is 126 Å². The highest BCUT2D eigenvalue weighted by Crippen LogP contribution is 2.50. The first-order valence-corrected chi connectivity index (χ1v) is 7.02. The molecule has 0 N–H and O–H groups in total. The molecule has 1 fully saturated rings. The lowest BCUT2D eigenvalue weighted by atomic mass is 9.72. The van der Waals surface area contributed by atoms with Gasteiger partial charge in [-0.15, -0.1) is 0 Å². The van der Waals surface area contributed by atoms with Crippen molar-refractivity contribution in [2.75, 3.05) is 0 Å². The predicted octanol–water partition coefficient (Wildman–Crippen LogP) is 2.46. The molecule has 5 nitrogen and oxygen atoms in total. The van der Waals surface area contributed by atoms with Crippen molar-refractivity contribution in [2.45, 2.75) is 11.6 Å². The minimum Gasteiger partial charge on any atom is -0.391 e. The van der Waals surface area contributed by atoms with Crippen molar-refractivity contribution in [3.63, 3.8) is 0 Å². The molecule has 2 aliphatic heterocycles. The summed E-state index contributed by atoms with van der Waals surface area (Å²) in [4.78, 5) is 24.1. The first kappa shape index (κ1) is 12.9. The van der Waals surface area contributed by atoms with Gasteiger partial charge >= 0.3 is 11.9 Å². The van der Waals surface area contributed by atoms with E-state index in [0.717, 1.165) is 11.1 Å². The second-order valence-electron chi connectivity index (χ2n) is 5.38. The zero-order valence-corrected chi connectivity index (χ0v) is 11.5. The van der Waals surface area contributed by atoms with Crippen molar-refractivity contribution < 1.29 is 14.3 Å². The minimum absolute atomic E-state index is 0.562. The van der Waals surface area contributed by atoms with E-state index in [9.17, 15) is 9.59 Å². The molecule has 0 aromatic heterocycles. The van der Waals surface area contributed by atoms with Crippen LogP contribution in [-0.2, 0) is 19.9 Å². The second-order valence-corrected chi connectivity index (χ2v) is 5.38. The maximum atomic E-state index is 12.3. The molecule has 2 atom stereocenters. The van der Waals surface area contributed by atoms with Crippen LogP contribution in [0.15, 0.2) is 70.9 Å². The lowest BCUT2D eigenvalue weighted by Gasteiger charge is -2.29. The van der Waals surface area contributed by atoms with E-state index in [1.54, 1.807) is 0 Å². The smallest absolute Gasteiger partial charge is 0.341 e. The van der Waals surface area contributed by atoms with Gasteiger partial charge in [-0.25, -0.2) is 4.79 Å². The van der Waals surface area contributed by atoms with Crippen LogP contribution in [0.4, 0.5) is 0 Å². The monoisotopic (exact) mass is 292 g/mol. The Morgan fingerprint density at radius 2 is 1.36 bits per heavy atom. The molecule has 2 unspecified atom stereocenters. The van der Waals surface area contributed by atoms with E-state index in [0.29, 0.717) is 0 Å². The minimum atomic E-state index is -1.00. The number of ether oxygens (including phenoxy) is 1. The molecule has 108 valence electrons. The number of hydrogen-bond acceptors (Lipinski definition) is 5. The molecule has 1 saturated heterocycles. The van der Waals surface area contributed by atoms with E-state index in [2.05, 4.69) is 10.2 Å². The van der Waals surface area contributed by atoms with Gasteiger partial charge in [-0.1, -0.05) is 60.7 Å². The van der Waals surface area contributed by atoms with Crippen molar-refractivity contribution >= 4 is 11.9 Å². The fourth-order valence-corrected chi connectivity index (χ4v) is 3.24. The van der Waals surface area contributed by atoms with Crippen molar-refractivity contribution in [1.29, 1.82) is 0 Å². The Morgan fingerprint density at radius 3 is 1.91 bits per heavy atom. The summed E-state index contributed by atoms with van der Waals surface area (Å²) in [5.74, 6) is -1.93. The number of benzene rings is 2. The fourth-order valence-electron chi connectivity index (χ4n) is 3.24. The molecular formula is C17H12N2O3. The number of nitrogens with zero attached hydrogens (tertiary/aromatic N) is 2. The molecule has 0 bridgehead atoms. The number of carbonyl (C=O) groups is 2. The summed E-state index contributed by atoms with van der Waals surface area (Å²) in [5, 5.41) is 8.46. The number of esters is 2. The van der Waals surface area contributed by atoms with Crippen molar-refractivity contribution in [3.05, 3.63) is 71.8 Å². The number of cyclic esters (lactones) is 2. The standard InChI is InChI=1S/C17H12N2O3/c20-15-13-14(16(21)22-15)18-19-17(13,11-7-3-1-4-8-11)12-9-5-2-6-10-12/h1-10,13-14H. The number of fused-ring (bicyclic) bond motifs is 1. The van der Waals surface area contributed by atoms with Gasteiger partial charge in [0.1, 0.15) is 11.5 Å². The molecule has 0 radical (unpaired) electrons. The zero-order chi connectivity index (χ0) is 15.2. The molecule has 2 aromatic carbocycles. The van der Waals surface area contributed by atoms with Gasteiger partial charge in [-0.3, -0.25) is 4.79 Å². The van der Waals surface area contributed by atoms with Crippen LogP contribution in [0, 0.1) is 5.92 Å². The molecule has 0 saturated carbocycles. The van der Waals surface area contributed by atoms with Crippen molar-refractivity contribution in [1.82, 2.24) is 0 Å². The van der Waals surface area contributed by atoms with Crippen LogP contribution in [0.3, 0.4) is 0 Å². The quantitative estimate of drug-likeness (QED) is 0.630. The van der Waals surface area contributed by atoms with Gasteiger partial charge in [-0.05, 0) is 11.1 Å². The topological polar surface area (TPSA) is 68.1 Å². The average Bonchev–Trinajstić information content (AvgIpc) is 3.10. The van der Waals surface area contributed by atoms with E-state index in [4.69, 9.17) is 4.74 Å². The molecule has 0 spiro atoms. The number of hydrogen-bond donors (Lipinski definition) is 0. The first-order valence-electron chi connectivity index (χ1n) is 7.02. The van der Waals surface area contributed by atoms with Crippen molar-refractivity contribution in [2.24, 2.45) is 16.1 Å². The predicted molar refractivity (Wildman–Crippen MR) is 76.9 cm³/mol. The fraction of sp³-hybridized carbons (Fsp3) is 0.176. The molecule has 22 heavy (non-hydrogen) atoms. The van der Waals surface area contributed by atoms with Crippen LogP contribution in [0.5, 0.6) is 0 Å². The maximum Gasteiger partial charge on any atom is 0.341 e. The van der Waals surface area contributed by atoms with Crippen LogP contribution in [0.1, 0.15) is 11.1 Å². The molecule has 2 aromatic rings. The summed E-state index contributed by atoms with van der Waals surface area (Å²) in [5.41, 5.74) is 0.643. The summed E-state index contributed by atoms with van der Waals surface area (Å²) < 4.78 is 4.79. The van der Waals surface area contributed by atoms with E-state index in [1.165, 1.54) is 0 Å². The van der Waals surface area contributed by atoms with Gasteiger partial charge in [0.15, 0.2) is 6.04 Å². The third kappa shape index (κ3) is 1.59. The highest BCUT2D eigenvalue weighted by Gasteiger charge is 2.62. The van der Waals surface area contributed by atoms with Crippen molar-refractivity contribution in [3.8, 4) is 0 Å². The van der Waals surface area contributed by atoms with Gasteiger partial charge in [0, 0.05) is 0 Å². The van der Waals surface area contributed by atoms with E-state index in [1.807, 2.05) is 60.7 Å². The van der Waals surface area contributed by atoms with Gasteiger partial charge in [-0.2, -0.15) is 10.2 Å². The third-order valence-corrected chi connectivity index (χ3v) is 4.23. The summed E-state index contributed by atoms with van der Waals surface area (Å²) in [6.07, 6.45) is 0. The summed E-state index contributed by atoms with van der Waals surface area (Å²) in [6.45, 7) is 0. The molecule has 2 heterocycles. The zero-order valence-electron chi connectivity index (χ0n) is 11.5. The summed E-state index contributed by atoms with van der Waals surface area (Å²) in [6, 6.07) is 18.0. The van der Waals surface area contributed by atoms with Gasteiger partial charge in [0.25, 0.3) is 0 Å². The maximum absolute atomic E-state index is 12.3. The first-order chi connectivity index (χ1) is 10.7. The molecule has 2 aliphatic rings. The molecular weight excluding hydrogens is 280 g/mol. The molecule has 0 amide bonds. The molecule has 0 aliphatic carbocycles. The van der Waals surface area contributed by atoms with Gasteiger partial charge in [0.05, 0.1) is 0 Å². The average molecular weight is 292 g/mol. The number of azo groups is 1. The van der Waals surface area contributed by atoms with Crippen LogP contribution < -0.4 is 0 Å². The van der Waals surface area contributed by atoms with Gasteiger partial charge < -0.3 is 4.74 Å². The van der Waals surface area contributed by atoms with E-state index in [-0.39, 0.29) is 0 Å². The Hall–Kier alpha value is -2.82. The Kier molecular flexibility index (Phi) is 2.69. The van der Waals surface area contributed by atoms with Gasteiger partial charge in [0.2, 0.25) is 0 Å². The third-order valence-electron chi connectivity index (χ3n) is 4.23. The van der Waals surface area contributed by atoms with Crippen LogP contribution >= 0.6 is 0 Å². The number of rotatable bonds is 2. The normalized spacial score (nSPS) is 25.1. The lowest BCUT2D eigenvalue weighted by molar-refractivity contribution is -0.154. The second kappa shape index (κ2) is 4.59.